The summed E-state index contributed by atoms with van der Waals surface area (Å²) in [5, 5.41) is 10.6. The fraction of sp³-hybridized carbons (Fsp3) is 0.538. The van der Waals surface area contributed by atoms with Gasteiger partial charge in [0.2, 0.25) is 0 Å². The topological polar surface area (TPSA) is 20.2 Å². The summed E-state index contributed by atoms with van der Waals surface area (Å²) in [5.41, 5.74) is -0.485. The van der Waals surface area contributed by atoms with E-state index in [0.717, 1.165) is 19.3 Å². The molecule has 0 spiro atoms. The Morgan fingerprint density at radius 3 is 2.73 bits per heavy atom. The van der Waals surface area contributed by atoms with Crippen molar-refractivity contribution in [1.82, 2.24) is 0 Å². The first-order chi connectivity index (χ1) is 7.14. The van der Waals surface area contributed by atoms with Crippen molar-refractivity contribution >= 4 is 0 Å². The van der Waals surface area contributed by atoms with Crippen LogP contribution in [0.1, 0.15) is 38.2 Å². The molecule has 0 saturated heterocycles. The van der Waals surface area contributed by atoms with Crippen LogP contribution in [0.15, 0.2) is 24.3 Å². The van der Waals surface area contributed by atoms with Gasteiger partial charge in [-0.15, -0.1) is 0 Å². The summed E-state index contributed by atoms with van der Waals surface area (Å²) in [6.07, 6.45) is 3.77. The number of hydrogen-bond acceptors (Lipinski definition) is 1. The van der Waals surface area contributed by atoms with E-state index in [2.05, 4.69) is 0 Å². The van der Waals surface area contributed by atoms with Crippen molar-refractivity contribution in [2.75, 3.05) is 0 Å². The Balaban J connectivity index is 2.39. The van der Waals surface area contributed by atoms with Crippen LogP contribution in [0.4, 0.5) is 4.39 Å². The summed E-state index contributed by atoms with van der Waals surface area (Å²) < 4.78 is 13.6. The van der Waals surface area contributed by atoms with Gasteiger partial charge in [0.05, 0.1) is 5.60 Å². The normalized spacial score (nSPS) is 31.5. The fourth-order valence-electron chi connectivity index (χ4n) is 2.54. The lowest BCUT2D eigenvalue weighted by Crippen LogP contribution is -2.37. The van der Waals surface area contributed by atoms with Crippen molar-refractivity contribution in [3.8, 4) is 0 Å². The maximum atomic E-state index is 13.6. The summed E-state index contributed by atoms with van der Waals surface area (Å²) in [6.45, 7) is 2.01. The molecule has 0 bridgehead atoms. The maximum Gasteiger partial charge on any atom is 0.129 e. The molecule has 1 nitrogen and oxygen atoms in total. The van der Waals surface area contributed by atoms with E-state index in [1.54, 1.807) is 18.2 Å². The van der Waals surface area contributed by atoms with Crippen molar-refractivity contribution < 1.29 is 9.50 Å². The van der Waals surface area contributed by atoms with Crippen LogP contribution in [0, 0.1) is 11.7 Å². The zero-order valence-corrected chi connectivity index (χ0v) is 9.04. The second kappa shape index (κ2) is 3.93. The highest BCUT2D eigenvalue weighted by Crippen LogP contribution is 2.42. The highest BCUT2D eigenvalue weighted by molar-refractivity contribution is 5.25. The van der Waals surface area contributed by atoms with Crippen LogP contribution in [-0.2, 0) is 5.60 Å². The lowest BCUT2D eigenvalue weighted by Gasteiger charge is -2.38. The minimum Gasteiger partial charge on any atom is -0.385 e. The molecule has 1 saturated carbocycles. The van der Waals surface area contributed by atoms with Crippen molar-refractivity contribution in [2.24, 2.45) is 5.92 Å². The van der Waals surface area contributed by atoms with E-state index in [-0.39, 0.29) is 11.7 Å². The predicted octanol–water partition coefficient (Wildman–Crippen LogP) is 3.22. The van der Waals surface area contributed by atoms with E-state index in [0.29, 0.717) is 12.0 Å². The first kappa shape index (κ1) is 10.6. The van der Waals surface area contributed by atoms with E-state index in [4.69, 9.17) is 0 Å². The lowest BCUT2D eigenvalue weighted by atomic mass is 9.72. The average molecular weight is 208 g/mol. The molecule has 0 amide bonds. The molecule has 1 fully saturated rings. The highest BCUT2D eigenvalue weighted by atomic mass is 19.1. The molecular weight excluding hydrogens is 191 g/mol. The average Bonchev–Trinajstić information content (AvgIpc) is 2.23. The van der Waals surface area contributed by atoms with Crippen LogP contribution in [0.3, 0.4) is 0 Å². The Labute approximate surface area is 89.9 Å². The molecule has 1 aliphatic rings. The monoisotopic (exact) mass is 208 g/mol. The Kier molecular flexibility index (Phi) is 2.79. The Hall–Kier alpha value is -0.890. The van der Waals surface area contributed by atoms with Crippen molar-refractivity contribution in [1.29, 1.82) is 0 Å². The van der Waals surface area contributed by atoms with Gasteiger partial charge in [-0.25, -0.2) is 4.39 Å². The third-order valence-corrected chi connectivity index (χ3v) is 3.60. The molecule has 0 aliphatic heterocycles. The van der Waals surface area contributed by atoms with Gasteiger partial charge in [0.15, 0.2) is 0 Å². The first-order valence-corrected chi connectivity index (χ1v) is 5.62. The molecule has 82 valence electrons. The smallest absolute Gasteiger partial charge is 0.129 e. The predicted molar refractivity (Wildman–Crippen MR) is 57.9 cm³/mol. The minimum absolute atomic E-state index is 0.142. The Morgan fingerprint density at radius 1 is 1.33 bits per heavy atom. The Morgan fingerprint density at radius 2 is 2.07 bits per heavy atom. The summed E-state index contributed by atoms with van der Waals surface area (Å²) in [6, 6.07) is 6.58. The highest BCUT2D eigenvalue weighted by Gasteiger charge is 2.39. The molecule has 1 aliphatic carbocycles. The molecule has 15 heavy (non-hydrogen) atoms. The number of hydrogen-bond donors (Lipinski definition) is 1. The van der Waals surface area contributed by atoms with E-state index in [1.807, 2.05) is 6.92 Å². The standard InChI is InChI=1S/C13H17FO/c1-10-6-4-5-9-13(10,15)11-7-2-3-8-12(11)14/h2-3,7-8,10,15H,4-6,9H2,1H3. The minimum atomic E-state index is -0.955. The molecule has 0 heterocycles. The molecule has 2 unspecified atom stereocenters. The molecule has 2 atom stereocenters. The largest absolute Gasteiger partial charge is 0.385 e. The molecule has 2 rings (SSSR count). The van der Waals surface area contributed by atoms with Gasteiger partial charge in [0, 0.05) is 5.56 Å². The van der Waals surface area contributed by atoms with Crippen LogP contribution < -0.4 is 0 Å². The first-order valence-electron chi connectivity index (χ1n) is 5.62. The summed E-state index contributed by atoms with van der Waals surface area (Å²) in [7, 11) is 0. The van der Waals surface area contributed by atoms with Crippen LogP contribution in [0.25, 0.3) is 0 Å². The molecular formula is C13H17FO. The molecule has 1 N–H and O–H groups in total. The van der Waals surface area contributed by atoms with Crippen molar-refractivity contribution in [2.45, 2.75) is 38.2 Å². The molecule has 0 aromatic heterocycles. The van der Waals surface area contributed by atoms with E-state index < -0.39 is 5.60 Å². The second-order valence-electron chi connectivity index (χ2n) is 4.55. The second-order valence-corrected chi connectivity index (χ2v) is 4.55. The van der Waals surface area contributed by atoms with Gasteiger partial charge in [-0.05, 0) is 24.8 Å². The Bertz CT molecular complexity index is 350. The van der Waals surface area contributed by atoms with Crippen LogP contribution in [-0.4, -0.2) is 5.11 Å². The summed E-state index contributed by atoms with van der Waals surface area (Å²) in [5.74, 6) is -0.142. The maximum absolute atomic E-state index is 13.6. The molecule has 1 aromatic carbocycles. The van der Waals surface area contributed by atoms with Crippen molar-refractivity contribution in [3.05, 3.63) is 35.6 Å². The van der Waals surface area contributed by atoms with Gasteiger partial charge in [0.1, 0.15) is 5.82 Å². The molecule has 0 radical (unpaired) electrons. The van der Waals surface area contributed by atoms with Crippen molar-refractivity contribution in [3.63, 3.8) is 0 Å². The van der Waals surface area contributed by atoms with E-state index in [1.165, 1.54) is 6.07 Å². The number of halogens is 1. The van der Waals surface area contributed by atoms with E-state index in [9.17, 15) is 9.50 Å². The van der Waals surface area contributed by atoms with Gasteiger partial charge in [0.25, 0.3) is 0 Å². The molecule has 1 aromatic rings. The number of benzene rings is 1. The third kappa shape index (κ3) is 1.78. The summed E-state index contributed by atoms with van der Waals surface area (Å²) in [4.78, 5) is 0. The SMILES string of the molecule is CC1CCCCC1(O)c1ccccc1F. The number of rotatable bonds is 1. The van der Waals surface area contributed by atoms with Gasteiger partial charge in [-0.3, -0.25) is 0 Å². The quantitative estimate of drug-likeness (QED) is 0.751. The lowest BCUT2D eigenvalue weighted by molar-refractivity contribution is -0.0496. The van der Waals surface area contributed by atoms with E-state index >= 15 is 0 Å². The summed E-state index contributed by atoms with van der Waals surface area (Å²) >= 11 is 0. The fourth-order valence-corrected chi connectivity index (χ4v) is 2.54. The van der Waals surface area contributed by atoms with Crippen LogP contribution >= 0.6 is 0 Å². The van der Waals surface area contributed by atoms with Gasteiger partial charge >= 0.3 is 0 Å². The van der Waals surface area contributed by atoms with Gasteiger partial charge < -0.3 is 5.11 Å². The third-order valence-electron chi connectivity index (χ3n) is 3.60. The van der Waals surface area contributed by atoms with Gasteiger partial charge in [-0.2, -0.15) is 0 Å². The number of aliphatic hydroxyl groups is 1. The van der Waals surface area contributed by atoms with Crippen LogP contribution in [0.2, 0.25) is 0 Å². The van der Waals surface area contributed by atoms with Gasteiger partial charge in [-0.1, -0.05) is 38.0 Å². The zero-order valence-electron chi connectivity index (χ0n) is 9.04. The van der Waals surface area contributed by atoms with Crippen LogP contribution in [0.5, 0.6) is 0 Å². The molecule has 2 heteroatoms. The zero-order chi connectivity index (χ0) is 10.9.